The van der Waals surface area contributed by atoms with Crippen LogP contribution in [0, 0.1) is 5.92 Å². The minimum absolute atomic E-state index is 0.00458. The van der Waals surface area contributed by atoms with E-state index in [1.54, 1.807) is 0 Å². The van der Waals surface area contributed by atoms with Crippen molar-refractivity contribution in [1.82, 2.24) is 10.2 Å². The molecule has 1 rings (SSSR count). The fourth-order valence-electron chi connectivity index (χ4n) is 1.89. The Morgan fingerprint density at radius 1 is 1.41 bits per heavy atom. The number of carbonyl (C=O) groups excluding carboxylic acids is 1. The van der Waals surface area contributed by atoms with E-state index < -0.39 is 5.97 Å². The van der Waals surface area contributed by atoms with Crippen molar-refractivity contribution in [2.45, 2.75) is 39.2 Å². The highest BCUT2D eigenvalue weighted by Crippen LogP contribution is 2.18. The van der Waals surface area contributed by atoms with E-state index in [-0.39, 0.29) is 17.9 Å². The molecule has 0 aromatic carbocycles. The van der Waals surface area contributed by atoms with Crippen molar-refractivity contribution < 1.29 is 14.7 Å². The first-order valence-corrected chi connectivity index (χ1v) is 6.30. The van der Waals surface area contributed by atoms with Gasteiger partial charge in [-0.1, -0.05) is 19.8 Å². The molecule has 1 atom stereocenters. The Hall–Kier alpha value is -1.10. The number of aliphatic carboxylic acids is 1. The molecule has 17 heavy (non-hydrogen) atoms. The lowest BCUT2D eigenvalue weighted by Gasteiger charge is -2.40. The molecule has 0 spiro atoms. The molecule has 2 N–H and O–H groups in total. The summed E-state index contributed by atoms with van der Waals surface area (Å²) in [5, 5.41) is 11.6. The van der Waals surface area contributed by atoms with Crippen molar-refractivity contribution in [3.05, 3.63) is 0 Å². The fraction of sp³-hybridized carbons (Fsp3) is 0.833. The number of carboxylic acids is 1. The normalized spacial score (nSPS) is 18.5. The van der Waals surface area contributed by atoms with E-state index in [0.717, 1.165) is 19.3 Å². The van der Waals surface area contributed by atoms with Crippen molar-refractivity contribution in [2.75, 3.05) is 19.6 Å². The Labute approximate surface area is 102 Å². The summed E-state index contributed by atoms with van der Waals surface area (Å²) < 4.78 is 0. The van der Waals surface area contributed by atoms with E-state index in [1.165, 1.54) is 0 Å². The van der Waals surface area contributed by atoms with Gasteiger partial charge in [0, 0.05) is 19.6 Å². The summed E-state index contributed by atoms with van der Waals surface area (Å²) in [7, 11) is 0. The average molecular weight is 242 g/mol. The van der Waals surface area contributed by atoms with Crippen LogP contribution in [0.25, 0.3) is 0 Å². The third kappa shape index (κ3) is 4.00. The summed E-state index contributed by atoms with van der Waals surface area (Å²) >= 11 is 0. The van der Waals surface area contributed by atoms with Gasteiger partial charge in [0.2, 0.25) is 5.91 Å². The number of rotatable bonds is 7. The van der Waals surface area contributed by atoms with Crippen LogP contribution in [0.3, 0.4) is 0 Å². The van der Waals surface area contributed by atoms with Gasteiger partial charge < -0.3 is 10.4 Å². The van der Waals surface area contributed by atoms with E-state index in [4.69, 9.17) is 5.11 Å². The minimum Gasteiger partial charge on any atom is -0.481 e. The largest absolute Gasteiger partial charge is 0.481 e. The molecule has 0 aromatic heterocycles. The third-order valence-electron chi connectivity index (χ3n) is 3.27. The van der Waals surface area contributed by atoms with Crippen molar-refractivity contribution in [3.63, 3.8) is 0 Å². The molecule has 98 valence electrons. The fourth-order valence-corrected chi connectivity index (χ4v) is 1.89. The molecular weight excluding hydrogens is 220 g/mol. The highest BCUT2D eigenvalue weighted by molar-refractivity contribution is 5.82. The number of carboxylic acid groups (broad SMARTS) is 1. The molecule has 1 saturated heterocycles. The van der Waals surface area contributed by atoms with Crippen LogP contribution in [0.1, 0.15) is 33.1 Å². The molecule has 0 bridgehead atoms. The van der Waals surface area contributed by atoms with Gasteiger partial charge in [-0.15, -0.1) is 0 Å². The third-order valence-corrected chi connectivity index (χ3v) is 3.27. The number of hydrogen-bond acceptors (Lipinski definition) is 3. The number of nitrogens with one attached hydrogen (secondary N) is 1. The Balaban J connectivity index is 2.17. The van der Waals surface area contributed by atoms with Crippen LogP contribution in [0.15, 0.2) is 0 Å². The SMILES string of the molecule is CCCCCNC(=O)C(C)N1CC(C(=O)O)C1. The molecule has 0 aliphatic carbocycles. The lowest BCUT2D eigenvalue weighted by molar-refractivity contribution is -0.150. The molecule has 0 aromatic rings. The van der Waals surface area contributed by atoms with Crippen LogP contribution in [0.4, 0.5) is 0 Å². The second-order valence-electron chi connectivity index (χ2n) is 4.66. The molecule has 0 saturated carbocycles. The van der Waals surface area contributed by atoms with Gasteiger partial charge in [0.25, 0.3) is 0 Å². The molecule has 5 nitrogen and oxygen atoms in total. The topological polar surface area (TPSA) is 69.6 Å². The zero-order valence-corrected chi connectivity index (χ0v) is 10.6. The molecule has 5 heteroatoms. The maximum atomic E-state index is 11.7. The summed E-state index contributed by atoms with van der Waals surface area (Å²) in [5.74, 6) is -1.06. The smallest absolute Gasteiger partial charge is 0.309 e. The Morgan fingerprint density at radius 2 is 2.06 bits per heavy atom. The van der Waals surface area contributed by atoms with E-state index >= 15 is 0 Å². The van der Waals surface area contributed by atoms with Gasteiger partial charge in [-0.2, -0.15) is 0 Å². The first-order valence-electron chi connectivity index (χ1n) is 6.30. The van der Waals surface area contributed by atoms with Crippen LogP contribution in [0.2, 0.25) is 0 Å². The maximum Gasteiger partial charge on any atom is 0.309 e. The standard InChI is InChI=1S/C12H22N2O3/c1-3-4-5-6-13-11(15)9(2)14-7-10(8-14)12(16)17/h9-10H,3-8H2,1-2H3,(H,13,15)(H,16,17). The summed E-state index contributed by atoms with van der Waals surface area (Å²) in [6.07, 6.45) is 3.27. The van der Waals surface area contributed by atoms with Gasteiger partial charge in [-0.3, -0.25) is 14.5 Å². The Bertz CT molecular complexity index is 275. The van der Waals surface area contributed by atoms with Crippen LogP contribution in [-0.2, 0) is 9.59 Å². The quantitative estimate of drug-likeness (QED) is 0.645. The van der Waals surface area contributed by atoms with Crippen molar-refractivity contribution in [2.24, 2.45) is 5.92 Å². The molecule has 1 fully saturated rings. The second kappa shape index (κ2) is 6.59. The summed E-state index contributed by atoms with van der Waals surface area (Å²) in [4.78, 5) is 24.2. The predicted molar refractivity (Wildman–Crippen MR) is 64.7 cm³/mol. The number of carbonyl (C=O) groups is 2. The van der Waals surface area contributed by atoms with E-state index in [1.807, 2.05) is 11.8 Å². The average Bonchev–Trinajstić information content (AvgIpc) is 2.21. The number of hydrogen-bond donors (Lipinski definition) is 2. The van der Waals surface area contributed by atoms with Gasteiger partial charge in [-0.05, 0) is 13.3 Å². The van der Waals surface area contributed by atoms with Gasteiger partial charge in [-0.25, -0.2) is 0 Å². The zero-order chi connectivity index (χ0) is 12.8. The van der Waals surface area contributed by atoms with Crippen molar-refractivity contribution in [1.29, 1.82) is 0 Å². The molecule has 1 aliphatic rings. The highest BCUT2D eigenvalue weighted by atomic mass is 16.4. The van der Waals surface area contributed by atoms with Crippen molar-refractivity contribution in [3.8, 4) is 0 Å². The zero-order valence-electron chi connectivity index (χ0n) is 10.6. The number of unbranched alkanes of at least 4 members (excludes halogenated alkanes) is 2. The summed E-state index contributed by atoms with van der Waals surface area (Å²) in [5.41, 5.74) is 0. The van der Waals surface area contributed by atoms with Crippen LogP contribution in [0.5, 0.6) is 0 Å². The molecule has 1 unspecified atom stereocenters. The van der Waals surface area contributed by atoms with Crippen LogP contribution in [-0.4, -0.2) is 47.6 Å². The van der Waals surface area contributed by atoms with Crippen LogP contribution < -0.4 is 5.32 Å². The number of nitrogens with zero attached hydrogens (tertiary/aromatic N) is 1. The lowest BCUT2D eigenvalue weighted by atomic mass is 9.98. The number of amides is 1. The van der Waals surface area contributed by atoms with E-state index in [9.17, 15) is 9.59 Å². The molecular formula is C12H22N2O3. The lowest BCUT2D eigenvalue weighted by Crippen LogP contribution is -2.58. The predicted octanol–water partition coefficient (Wildman–Crippen LogP) is 0.698. The summed E-state index contributed by atoms with van der Waals surface area (Å²) in [6, 6.07) is -0.216. The minimum atomic E-state index is -0.767. The maximum absolute atomic E-state index is 11.7. The summed E-state index contributed by atoms with van der Waals surface area (Å²) in [6.45, 7) is 5.63. The Kier molecular flexibility index (Phi) is 5.41. The molecule has 0 radical (unpaired) electrons. The molecule has 1 heterocycles. The van der Waals surface area contributed by atoms with E-state index in [0.29, 0.717) is 19.6 Å². The first kappa shape index (κ1) is 14.0. The van der Waals surface area contributed by atoms with Crippen LogP contribution >= 0.6 is 0 Å². The van der Waals surface area contributed by atoms with Gasteiger partial charge in [0.05, 0.1) is 12.0 Å². The van der Waals surface area contributed by atoms with Crippen molar-refractivity contribution >= 4 is 11.9 Å². The number of likely N-dealkylation sites (tertiary alicyclic amines) is 1. The first-order chi connectivity index (χ1) is 8.06. The second-order valence-corrected chi connectivity index (χ2v) is 4.66. The monoisotopic (exact) mass is 242 g/mol. The Morgan fingerprint density at radius 3 is 2.59 bits per heavy atom. The molecule has 1 amide bonds. The highest BCUT2D eigenvalue weighted by Gasteiger charge is 2.37. The van der Waals surface area contributed by atoms with Gasteiger partial charge in [0.15, 0.2) is 0 Å². The van der Waals surface area contributed by atoms with E-state index in [2.05, 4.69) is 12.2 Å². The van der Waals surface area contributed by atoms with Gasteiger partial charge in [0.1, 0.15) is 0 Å². The molecule has 1 aliphatic heterocycles. The van der Waals surface area contributed by atoms with Gasteiger partial charge >= 0.3 is 5.97 Å².